The maximum atomic E-state index is 12.4. The summed E-state index contributed by atoms with van der Waals surface area (Å²) in [4.78, 5) is 12.4. The van der Waals surface area contributed by atoms with Crippen molar-refractivity contribution in [2.24, 2.45) is 0 Å². The minimum atomic E-state index is -0.435. The molecule has 0 saturated carbocycles. The third kappa shape index (κ3) is 2.27. The maximum Gasteiger partial charge on any atom is 0.285 e. The Labute approximate surface area is 132 Å². The van der Waals surface area contributed by atoms with Gasteiger partial charge in [0.2, 0.25) is 0 Å². The van der Waals surface area contributed by atoms with Gasteiger partial charge in [-0.3, -0.25) is 4.79 Å². The average Bonchev–Trinajstić information content (AvgIpc) is 2.90. The van der Waals surface area contributed by atoms with E-state index in [1.807, 2.05) is 41.1 Å². The van der Waals surface area contributed by atoms with E-state index in [2.05, 4.69) is 11.2 Å². The Hall–Kier alpha value is -3.38. The molecule has 0 atom stereocenters. The van der Waals surface area contributed by atoms with Crippen molar-refractivity contribution in [2.75, 3.05) is 0 Å². The van der Waals surface area contributed by atoms with Crippen LogP contribution in [0.4, 0.5) is 0 Å². The molecule has 3 aromatic rings. The molecule has 0 aliphatic heterocycles. The summed E-state index contributed by atoms with van der Waals surface area (Å²) in [5.74, 6) is 0. The average molecular weight is 303 g/mol. The van der Waals surface area contributed by atoms with Gasteiger partial charge in [0.05, 0.1) is 23.3 Å². The molecular formula is C17H13N5O. The molecule has 6 nitrogen and oxygen atoms in total. The van der Waals surface area contributed by atoms with Gasteiger partial charge in [0.25, 0.3) is 5.56 Å². The highest BCUT2D eigenvalue weighted by Gasteiger charge is 2.15. The number of rotatable bonds is 2. The van der Waals surface area contributed by atoms with Crippen LogP contribution in [-0.2, 0) is 6.54 Å². The Morgan fingerprint density at radius 3 is 2.61 bits per heavy atom. The van der Waals surface area contributed by atoms with Gasteiger partial charge in [-0.15, -0.1) is 0 Å². The SMILES string of the molecule is Cc1nn(Cc2cn3ccccc3c2C#N)c(=O)c(C#N)c1C. The monoisotopic (exact) mass is 303 g/mol. The third-order valence-corrected chi connectivity index (χ3v) is 3.94. The molecule has 23 heavy (non-hydrogen) atoms. The predicted molar refractivity (Wildman–Crippen MR) is 83.9 cm³/mol. The summed E-state index contributed by atoms with van der Waals surface area (Å²) in [5.41, 5.74) is 2.87. The second-order valence-corrected chi connectivity index (χ2v) is 5.29. The van der Waals surface area contributed by atoms with Crippen LogP contribution in [0.3, 0.4) is 0 Å². The maximum absolute atomic E-state index is 12.4. The fraction of sp³-hybridized carbons (Fsp3) is 0.176. The van der Waals surface area contributed by atoms with E-state index in [0.717, 1.165) is 5.52 Å². The lowest BCUT2D eigenvalue weighted by Gasteiger charge is -2.08. The van der Waals surface area contributed by atoms with Crippen LogP contribution in [0, 0.1) is 36.5 Å². The molecule has 0 bridgehead atoms. The number of hydrogen-bond donors (Lipinski definition) is 0. The molecule has 0 unspecified atom stereocenters. The van der Waals surface area contributed by atoms with Crippen LogP contribution in [0.5, 0.6) is 0 Å². The largest absolute Gasteiger partial charge is 0.322 e. The Morgan fingerprint density at radius 2 is 1.91 bits per heavy atom. The standard InChI is InChI=1S/C17H13N5O/c1-11-12(2)20-22(17(23)14(11)7-18)10-13-9-21-6-4-3-5-16(21)15(13)8-19/h3-6,9H,10H2,1-2H3. The summed E-state index contributed by atoms with van der Waals surface area (Å²) in [6.07, 6.45) is 3.65. The first-order chi connectivity index (χ1) is 11.1. The molecule has 3 rings (SSSR count). The third-order valence-electron chi connectivity index (χ3n) is 3.94. The van der Waals surface area contributed by atoms with Crippen molar-refractivity contribution in [3.63, 3.8) is 0 Å². The van der Waals surface area contributed by atoms with Crippen molar-refractivity contribution >= 4 is 5.52 Å². The van der Waals surface area contributed by atoms with E-state index in [9.17, 15) is 15.3 Å². The molecule has 0 fully saturated rings. The van der Waals surface area contributed by atoms with Crippen molar-refractivity contribution in [1.29, 1.82) is 10.5 Å². The normalized spacial score (nSPS) is 10.4. The van der Waals surface area contributed by atoms with Gasteiger partial charge in [0.15, 0.2) is 0 Å². The zero-order valence-electron chi connectivity index (χ0n) is 12.7. The molecule has 0 saturated heterocycles. The van der Waals surface area contributed by atoms with Crippen LogP contribution in [0.25, 0.3) is 5.52 Å². The molecule has 3 heterocycles. The molecule has 0 aromatic carbocycles. The van der Waals surface area contributed by atoms with Gasteiger partial charge in [0.1, 0.15) is 17.7 Å². The lowest BCUT2D eigenvalue weighted by atomic mass is 10.1. The van der Waals surface area contributed by atoms with E-state index in [0.29, 0.717) is 22.4 Å². The zero-order chi connectivity index (χ0) is 16.6. The molecular weight excluding hydrogens is 290 g/mol. The Bertz CT molecular complexity index is 1060. The molecule has 0 spiro atoms. The number of hydrogen-bond acceptors (Lipinski definition) is 4. The summed E-state index contributed by atoms with van der Waals surface area (Å²) in [6.45, 7) is 3.62. The molecule has 112 valence electrons. The van der Waals surface area contributed by atoms with Crippen molar-refractivity contribution < 1.29 is 0 Å². The summed E-state index contributed by atoms with van der Waals surface area (Å²) >= 11 is 0. The minimum Gasteiger partial charge on any atom is -0.322 e. The van der Waals surface area contributed by atoms with Gasteiger partial charge < -0.3 is 4.40 Å². The second kappa shape index (κ2) is 5.43. The summed E-state index contributed by atoms with van der Waals surface area (Å²) in [7, 11) is 0. The van der Waals surface area contributed by atoms with E-state index in [-0.39, 0.29) is 12.1 Å². The Morgan fingerprint density at radius 1 is 1.17 bits per heavy atom. The minimum absolute atomic E-state index is 0.0970. The number of nitrogens with zero attached hydrogens (tertiary/aromatic N) is 5. The molecule has 3 aromatic heterocycles. The van der Waals surface area contributed by atoms with Crippen LogP contribution >= 0.6 is 0 Å². The van der Waals surface area contributed by atoms with Crippen LogP contribution in [0.1, 0.15) is 27.9 Å². The number of aryl methyl sites for hydroxylation is 1. The topological polar surface area (TPSA) is 86.9 Å². The highest BCUT2D eigenvalue weighted by molar-refractivity contribution is 5.65. The highest BCUT2D eigenvalue weighted by atomic mass is 16.1. The van der Waals surface area contributed by atoms with Gasteiger partial charge in [-0.25, -0.2) is 4.68 Å². The van der Waals surface area contributed by atoms with Gasteiger partial charge >= 0.3 is 0 Å². The van der Waals surface area contributed by atoms with Gasteiger partial charge in [0, 0.05) is 18.0 Å². The smallest absolute Gasteiger partial charge is 0.285 e. The first-order valence-electron chi connectivity index (χ1n) is 7.04. The lowest BCUT2D eigenvalue weighted by molar-refractivity contribution is 0.622. The number of nitriles is 2. The van der Waals surface area contributed by atoms with Crippen LogP contribution in [0.2, 0.25) is 0 Å². The number of aromatic nitrogens is 3. The van der Waals surface area contributed by atoms with Crippen LogP contribution in [-0.4, -0.2) is 14.2 Å². The predicted octanol–water partition coefficient (Wildman–Crippen LogP) is 1.90. The van der Waals surface area contributed by atoms with E-state index in [1.165, 1.54) is 4.68 Å². The molecule has 0 radical (unpaired) electrons. The van der Waals surface area contributed by atoms with Gasteiger partial charge in [-0.1, -0.05) is 6.07 Å². The van der Waals surface area contributed by atoms with E-state index >= 15 is 0 Å². The van der Waals surface area contributed by atoms with Gasteiger partial charge in [-0.2, -0.15) is 15.6 Å². The highest BCUT2D eigenvalue weighted by Crippen LogP contribution is 2.18. The fourth-order valence-corrected chi connectivity index (χ4v) is 2.60. The second-order valence-electron chi connectivity index (χ2n) is 5.29. The molecule has 0 amide bonds. The van der Waals surface area contributed by atoms with Crippen LogP contribution < -0.4 is 5.56 Å². The molecule has 0 N–H and O–H groups in total. The van der Waals surface area contributed by atoms with Crippen molar-refractivity contribution in [2.45, 2.75) is 20.4 Å². The lowest BCUT2D eigenvalue weighted by Crippen LogP contribution is -2.28. The van der Waals surface area contributed by atoms with E-state index < -0.39 is 5.56 Å². The van der Waals surface area contributed by atoms with Crippen LogP contribution in [0.15, 0.2) is 35.4 Å². The quantitative estimate of drug-likeness (QED) is 0.723. The zero-order valence-corrected chi connectivity index (χ0v) is 12.7. The Kier molecular flexibility index (Phi) is 3.44. The summed E-state index contributed by atoms with van der Waals surface area (Å²) in [5, 5.41) is 22.9. The van der Waals surface area contributed by atoms with E-state index in [1.54, 1.807) is 13.8 Å². The Balaban J connectivity index is 2.18. The first kappa shape index (κ1) is 14.6. The molecule has 6 heteroatoms. The fourth-order valence-electron chi connectivity index (χ4n) is 2.60. The molecule has 0 aliphatic rings. The van der Waals surface area contributed by atoms with Gasteiger partial charge in [-0.05, 0) is 31.5 Å². The number of pyridine rings is 1. The first-order valence-corrected chi connectivity index (χ1v) is 7.04. The molecule has 0 aliphatic carbocycles. The summed E-state index contributed by atoms with van der Waals surface area (Å²) in [6, 6.07) is 9.70. The van der Waals surface area contributed by atoms with Crippen molar-refractivity contribution in [3.8, 4) is 12.1 Å². The van der Waals surface area contributed by atoms with Crippen molar-refractivity contribution in [1.82, 2.24) is 14.2 Å². The van der Waals surface area contributed by atoms with E-state index in [4.69, 9.17) is 0 Å². The number of fused-ring (bicyclic) bond motifs is 1. The van der Waals surface area contributed by atoms with Crippen molar-refractivity contribution in [3.05, 3.63) is 68.9 Å². The summed E-state index contributed by atoms with van der Waals surface area (Å²) < 4.78 is 3.08.